The number of aryl methyl sites for hydroxylation is 3. The van der Waals surface area contributed by atoms with Crippen LogP contribution in [0.5, 0.6) is 0 Å². The quantitative estimate of drug-likeness (QED) is 0.583. The average molecular weight is 190 g/mol. The zero-order valence-corrected chi connectivity index (χ0v) is 8.70. The first kappa shape index (κ1) is 8.33. The summed E-state index contributed by atoms with van der Waals surface area (Å²) in [7, 11) is 0. The van der Waals surface area contributed by atoms with Gasteiger partial charge in [-0.1, -0.05) is 0 Å². The number of hydrogen-bond acceptors (Lipinski definition) is 2. The lowest BCUT2D eigenvalue weighted by Crippen LogP contribution is -1.89. The van der Waals surface area contributed by atoms with Crippen LogP contribution in [-0.4, -0.2) is 9.38 Å². The molecular formula is C10H10N2S. The second-order valence-corrected chi connectivity index (χ2v) is 4.23. The van der Waals surface area contributed by atoms with E-state index in [1.54, 1.807) is 11.3 Å². The fourth-order valence-electron chi connectivity index (χ4n) is 1.44. The molecule has 0 aliphatic rings. The van der Waals surface area contributed by atoms with Gasteiger partial charge < -0.3 is 0 Å². The van der Waals surface area contributed by atoms with E-state index in [0.29, 0.717) is 0 Å². The minimum absolute atomic E-state index is 0.759. The van der Waals surface area contributed by atoms with Crippen LogP contribution in [0.15, 0.2) is 0 Å². The molecule has 0 fully saturated rings. The maximum absolute atomic E-state index is 5.34. The van der Waals surface area contributed by atoms with Crippen molar-refractivity contribution in [3.05, 3.63) is 22.0 Å². The minimum atomic E-state index is 0.759. The predicted octanol–water partition coefficient (Wildman–Crippen LogP) is 2.30. The van der Waals surface area contributed by atoms with Gasteiger partial charge in [-0.2, -0.15) is 0 Å². The fourth-order valence-corrected chi connectivity index (χ4v) is 2.46. The highest BCUT2D eigenvalue weighted by molar-refractivity contribution is 7.17. The summed E-state index contributed by atoms with van der Waals surface area (Å²) in [4.78, 5) is 6.66. The van der Waals surface area contributed by atoms with E-state index in [0.717, 1.165) is 16.3 Å². The van der Waals surface area contributed by atoms with Crippen LogP contribution < -0.4 is 0 Å². The number of nitrogens with zero attached hydrogens (tertiary/aromatic N) is 2. The Balaban J connectivity index is 2.92. The second kappa shape index (κ2) is 2.61. The van der Waals surface area contributed by atoms with E-state index in [-0.39, 0.29) is 0 Å². The Morgan fingerprint density at radius 1 is 1.31 bits per heavy atom. The molecule has 0 aliphatic heterocycles. The van der Waals surface area contributed by atoms with Gasteiger partial charge in [0.05, 0.1) is 5.69 Å². The van der Waals surface area contributed by atoms with Gasteiger partial charge in [-0.05, 0) is 26.7 Å². The van der Waals surface area contributed by atoms with Crippen molar-refractivity contribution in [2.75, 3.05) is 0 Å². The van der Waals surface area contributed by atoms with Crippen molar-refractivity contribution in [1.29, 1.82) is 0 Å². The van der Waals surface area contributed by atoms with Crippen LogP contribution in [0, 0.1) is 33.1 Å². The number of imidazole rings is 1. The highest BCUT2D eigenvalue weighted by atomic mass is 32.1. The molecule has 0 N–H and O–H groups in total. The maximum Gasteiger partial charge on any atom is 0.195 e. The Labute approximate surface area is 81.2 Å². The standard InChI is InChI=1S/C10H10N2S/c1-5-9-7(3)12-6(2)8(4)13-10(12)11-9/h1H,2-4H3. The molecule has 13 heavy (non-hydrogen) atoms. The van der Waals surface area contributed by atoms with E-state index >= 15 is 0 Å². The number of rotatable bonds is 0. The molecule has 0 amide bonds. The molecule has 2 aromatic rings. The van der Waals surface area contributed by atoms with Crippen LogP contribution in [0.3, 0.4) is 0 Å². The Morgan fingerprint density at radius 3 is 2.54 bits per heavy atom. The van der Waals surface area contributed by atoms with Gasteiger partial charge in [0.2, 0.25) is 0 Å². The normalized spacial score (nSPS) is 10.6. The Hall–Kier alpha value is -1.27. The summed E-state index contributed by atoms with van der Waals surface area (Å²) in [5.41, 5.74) is 3.07. The van der Waals surface area contributed by atoms with Crippen molar-refractivity contribution in [3.8, 4) is 12.3 Å². The zero-order valence-electron chi connectivity index (χ0n) is 7.88. The monoisotopic (exact) mass is 190 g/mol. The highest BCUT2D eigenvalue weighted by Gasteiger charge is 2.11. The summed E-state index contributed by atoms with van der Waals surface area (Å²) >= 11 is 1.69. The molecule has 66 valence electrons. The number of aromatic nitrogens is 2. The van der Waals surface area contributed by atoms with Gasteiger partial charge in [-0.15, -0.1) is 17.8 Å². The van der Waals surface area contributed by atoms with Crippen LogP contribution in [0.4, 0.5) is 0 Å². The topological polar surface area (TPSA) is 17.3 Å². The largest absolute Gasteiger partial charge is 0.291 e. The molecule has 0 saturated carbocycles. The van der Waals surface area contributed by atoms with Crippen molar-refractivity contribution in [2.45, 2.75) is 20.8 Å². The first-order valence-electron chi connectivity index (χ1n) is 4.06. The van der Waals surface area contributed by atoms with Crippen LogP contribution in [0.2, 0.25) is 0 Å². The maximum atomic E-state index is 5.34. The van der Waals surface area contributed by atoms with Gasteiger partial charge in [0, 0.05) is 10.6 Å². The van der Waals surface area contributed by atoms with Crippen molar-refractivity contribution in [3.63, 3.8) is 0 Å². The lowest BCUT2D eigenvalue weighted by molar-refractivity contribution is 1.05. The van der Waals surface area contributed by atoms with Gasteiger partial charge >= 0.3 is 0 Å². The molecule has 2 aromatic heterocycles. The molecule has 0 aromatic carbocycles. The molecule has 0 unspecified atom stereocenters. The van der Waals surface area contributed by atoms with Gasteiger partial charge in [-0.25, -0.2) is 4.98 Å². The zero-order chi connectivity index (χ0) is 9.59. The summed E-state index contributed by atoms with van der Waals surface area (Å²) < 4.78 is 2.12. The van der Waals surface area contributed by atoms with Crippen molar-refractivity contribution >= 4 is 16.3 Å². The number of hydrogen-bond donors (Lipinski definition) is 0. The Bertz CT molecular complexity index is 511. The van der Waals surface area contributed by atoms with Crippen LogP contribution in [-0.2, 0) is 0 Å². The molecule has 0 radical (unpaired) electrons. The molecule has 2 rings (SSSR count). The van der Waals surface area contributed by atoms with Crippen molar-refractivity contribution in [2.24, 2.45) is 0 Å². The summed E-state index contributed by atoms with van der Waals surface area (Å²) in [6.45, 7) is 6.20. The Kier molecular flexibility index (Phi) is 1.67. The lowest BCUT2D eigenvalue weighted by atomic mass is 10.3. The molecule has 3 heteroatoms. The van der Waals surface area contributed by atoms with Crippen LogP contribution >= 0.6 is 11.3 Å². The van der Waals surface area contributed by atoms with Crippen molar-refractivity contribution in [1.82, 2.24) is 9.38 Å². The first-order chi connectivity index (χ1) is 6.15. The fraction of sp³-hybridized carbons (Fsp3) is 0.300. The molecular weight excluding hydrogens is 180 g/mol. The van der Waals surface area contributed by atoms with Gasteiger partial charge in [0.25, 0.3) is 0 Å². The van der Waals surface area contributed by atoms with E-state index in [1.165, 1.54) is 10.6 Å². The number of terminal acetylenes is 1. The van der Waals surface area contributed by atoms with E-state index in [4.69, 9.17) is 6.42 Å². The van der Waals surface area contributed by atoms with E-state index in [9.17, 15) is 0 Å². The van der Waals surface area contributed by atoms with E-state index < -0.39 is 0 Å². The third-order valence-electron chi connectivity index (χ3n) is 2.30. The minimum Gasteiger partial charge on any atom is -0.291 e. The summed E-state index contributed by atoms with van der Waals surface area (Å²) in [6, 6.07) is 0. The predicted molar refractivity (Wildman–Crippen MR) is 55.2 cm³/mol. The van der Waals surface area contributed by atoms with Crippen molar-refractivity contribution < 1.29 is 0 Å². The smallest absolute Gasteiger partial charge is 0.195 e. The first-order valence-corrected chi connectivity index (χ1v) is 4.88. The van der Waals surface area contributed by atoms with Crippen LogP contribution in [0.25, 0.3) is 4.96 Å². The number of thiazole rings is 1. The second-order valence-electron chi connectivity index (χ2n) is 3.05. The molecule has 2 heterocycles. The summed E-state index contributed by atoms with van der Waals surface area (Å²) in [5, 5.41) is 0. The highest BCUT2D eigenvalue weighted by Crippen LogP contribution is 2.24. The molecule has 0 spiro atoms. The average Bonchev–Trinajstić information content (AvgIpc) is 2.54. The third kappa shape index (κ3) is 0.991. The molecule has 0 atom stereocenters. The number of fused-ring (bicyclic) bond motifs is 1. The summed E-state index contributed by atoms with van der Waals surface area (Å²) in [5.74, 6) is 2.59. The van der Waals surface area contributed by atoms with Gasteiger partial charge in [0.15, 0.2) is 4.96 Å². The third-order valence-corrected chi connectivity index (χ3v) is 3.36. The lowest BCUT2D eigenvalue weighted by Gasteiger charge is -1.94. The summed E-state index contributed by atoms with van der Waals surface area (Å²) in [6.07, 6.45) is 5.34. The van der Waals surface area contributed by atoms with E-state index in [2.05, 4.69) is 29.2 Å². The van der Waals surface area contributed by atoms with Gasteiger partial charge in [-0.3, -0.25) is 4.40 Å². The molecule has 0 saturated heterocycles. The van der Waals surface area contributed by atoms with E-state index in [1.807, 2.05) is 6.92 Å². The molecule has 0 bridgehead atoms. The molecule has 2 nitrogen and oxygen atoms in total. The van der Waals surface area contributed by atoms with Crippen LogP contribution in [0.1, 0.15) is 22.0 Å². The van der Waals surface area contributed by atoms with Gasteiger partial charge in [0.1, 0.15) is 5.69 Å². The SMILES string of the molecule is C#Cc1nc2sc(C)c(C)n2c1C. The molecule has 0 aliphatic carbocycles. The Morgan fingerprint density at radius 2 is 2.00 bits per heavy atom.